The Balaban J connectivity index is 1.85. The van der Waals surface area contributed by atoms with Gasteiger partial charge < -0.3 is 14.5 Å². The number of alkyl halides is 1. The summed E-state index contributed by atoms with van der Waals surface area (Å²) in [5.41, 5.74) is -0.323. The first-order valence-electron chi connectivity index (χ1n) is 9.19. The number of hydrogen-bond acceptors (Lipinski definition) is 4. The van der Waals surface area contributed by atoms with Crippen molar-refractivity contribution in [1.29, 1.82) is 0 Å². The van der Waals surface area contributed by atoms with Gasteiger partial charge in [0.15, 0.2) is 0 Å². The number of aromatic amines is 1. The predicted molar refractivity (Wildman–Crippen MR) is 102 cm³/mol. The summed E-state index contributed by atoms with van der Waals surface area (Å²) in [6, 6.07) is 8.62. The molecule has 1 aliphatic rings. The van der Waals surface area contributed by atoms with Crippen LogP contribution in [-0.2, 0) is 4.79 Å². The summed E-state index contributed by atoms with van der Waals surface area (Å²) in [5, 5.41) is 6.51. The molecule has 150 valence electrons. The molecule has 2 heterocycles. The van der Waals surface area contributed by atoms with Crippen molar-refractivity contribution in [2.45, 2.75) is 32.0 Å². The highest BCUT2D eigenvalue weighted by atomic mass is 19.1. The maximum Gasteiger partial charge on any atom is 0.272 e. The van der Waals surface area contributed by atoms with Crippen LogP contribution in [-0.4, -0.2) is 64.2 Å². The maximum absolute atomic E-state index is 14.1. The number of methoxy groups -OCH3 is 1. The number of halogens is 1. The molecule has 1 aromatic heterocycles. The van der Waals surface area contributed by atoms with Gasteiger partial charge in [-0.25, -0.2) is 4.39 Å². The zero-order valence-corrected chi connectivity index (χ0v) is 16.3. The maximum atomic E-state index is 14.1. The fourth-order valence-corrected chi connectivity index (χ4v) is 3.38. The van der Waals surface area contributed by atoms with Crippen molar-refractivity contribution in [2.24, 2.45) is 0 Å². The standard InChI is InChI=1S/C20H25FN4O3/c1-20(2,21)12-18(26)25-11-10-24(19(27)16-8-9-22-23-16)13-17(25)14-4-6-15(28-3)7-5-14/h4-9,17H,10-13H2,1-3H3,(H,22,23). The van der Waals surface area contributed by atoms with Crippen LogP contribution in [0.25, 0.3) is 0 Å². The van der Waals surface area contributed by atoms with Gasteiger partial charge in [-0.2, -0.15) is 5.10 Å². The highest BCUT2D eigenvalue weighted by Crippen LogP contribution is 2.29. The van der Waals surface area contributed by atoms with E-state index < -0.39 is 5.67 Å². The van der Waals surface area contributed by atoms with E-state index in [0.29, 0.717) is 31.1 Å². The minimum absolute atomic E-state index is 0.172. The topological polar surface area (TPSA) is 78.5 Å². The second-order valence-electron chi connectivity index (χ2n) is 7.49. The molecule has 2 aromatic rings. The second-order valence-corrected chi connectivity index (χ2v) is 7.49. The number of carbonyl (C=O) groups excluding carboxylic acids is 2. The predicted octanol–water partition coefficient (Wildman–Crippen LogP) is 2.58. The number of nitrogens with zero attached hydrogens (tertiary/aromatic N) is 3. The Morgan fingerprint density at radius 1 is 1.25 bits per heavy atom. The number of carbonyl (C=O) groups is 2. The van der Waals surface area contributed by atoms with Gasteiger partial charge in [0.1, 0.15) is 17.1 Å². The van der Waals surface area contributed by atoms with Gasteiger partial charge >= 0.3 is 0 Å². The Bertz CT molecular complexity index is 815. The number of ether oxygens (including phenoxy) is 1. The molecule has 0 saturated carbocycles. The SMILES string of the molecule is COc1ccc(C2CN(C(=O)c3ccn[nH]3)CCN2C(=O)CC(C)(C)F)cc1. The van der Waals surface area contributed by atoms with Crippen LogP contribution in [0.15, 0.2) is 36.5 Å². The molecule has 1 unspecified atom stereocenters. The summed E-state index contributed by atoms with van der Waals surface area (Å²) < 4.78 is 19.3. The lowest BCUT2D eigenvalue weighted by Gasteiger charge is -2.42. The van der Waals surface area contributed by atoms with Gasteiger partial charge in [0, 0.05) is 25.8 Å². The van der Waals surface area contributed by atoms with Gasteiger partial charge in [-0.05, 0) is 37.6 Å². The van der Waals surface area contributed by atoms with E-state index in [4.69, 9.17) is 4.74 Å². The van der Waals surface area contributed by atoms with E-state index in [1.807, 2.05) is 24.3 Å². The molecule has 8 heteroatoms. The van der Waals surface area contributed by atoms with Crippen LogP contribution in [0.3, 0.4) is 0 Å². The summed E-state index contributed by atoms with van der Waals surface area (Å²) in [6.45, 7) is 3.83. The van der Waals surface area contributed by atoms with Gasteiger partial charge in [-0.3, -0.25) is 14.7 Å². The van der Waals surface area contributed by atoms with Crippen molar-refractivity contribution in [3.8, 4) is 5.75 Å². The summed E-state index contributed by atoms with van der Waals surface area (Å²) in [5.74, 6) is 0.267. The highest BCUT2D eigenvalue weighted by Gasteiger charge is 2.36. The number of piperazine rings is 1. The molecule has 0 radical (unpaired) electrons. The van der Waals surface area contributed by atoms with Crippen LogP contribution in [0.4, 0.5) is 4.39 Å². The summed E-state index contributed by atoms with van der Waals surface area (Å²) in [6.07, 6.45) is 1.32. The molecule has 3 rings (SSSR count). The number of benzene rings is 1. The summed E-state index contributed by atoms with van der Waals surface area (Å²) >= 11 is 0. The van der Waals surface area contributed by atoms with Gasteiger partial charge in [-0.1, -0.05) is 12.1 Å². The molecule has 7 nitrogen and oxygen atoms in total. The van der Waals surface area contributed by atoms with E-state index in [2.05, 4.69) is 10.2 Å². The molecule has 2 amide bonds. The van der Waals surface area contributed by atoms with Crippen LogP contribution in [0.1, 0.15) is 42.4 Å². The first-order valence-corrected chi connectivity index (χ1v) is 9.19. The van der Waals surface area contributed by atoms with E-state index in [1.165, 1.54) is 20.0 Å². The van der Waals surface area contributed by atoms with Crippen molar-refractivity contribution >= 4 is 11.8 Å². The molecule has 0 aliphatic carbocycles. The van der Waals surface area contributed by atoms with Gasteiger partial charge in [0.05, 0.1) is 19.6 Å². The van der Waals surface area contributed by atoms with E-state index in [9.17, 15) is 14.0 Å². The van der Waals surface area contributed by atoms with Gasteiger partial charge in [-0.15, -0.1) is 0 Å². The Labute approximate surface area is 163 Å². The van der Waals surface area contributed by atoms with Crippen LogP contribution < -0.4 is 4.74 Å². The van der Waals surface area contributed by atoms with Gasteiger partial charge in [0.25, 0.3) is 5.91 Å². The molecular weight excluding hydrogens is 363 g/mol. The second kappa shape index (κ2) is 8.00. The third-order valence-corrected chi connectivity index (χ3v) is 4.79. The number of rotatable bonds is 5. The Hall–Kier alpha value is -2.90. The van der Waals surface area contributed by atoms with E-state index in [-0.39, 0.29) is 24.3 Å². The third kappa shape index (κ3) is 4.49. The molecule has 28 heavy (non-hydrogen) atoms. The quantitative estimate of drug-likeness (QED) is 0.854. The third-order valence-electron chi connectivity index (χ3n) is 4.79. The number of H-pyrrole nitrogens is 1. The fourth-order valence-electron chi connectivity index (χ4n) is 3.38. The van der Waals surface area contributed by atoms with Crippen LogP contribution in [0.2, 0.25) is 0 Å². The molecule has 1 aliphatic heterocycles. The molecular formula is C20H25FN4O3. The fraction of sp³-hybridized carbons (Fsp3) is 0.450. The van der Waals surface area contributed by atoms with E-state index in [1.54, 1.807) is 23.0 Å². The Kier molecular flexibility index (Phi) is 5.67. The van der Waals surface area contributed by atoms with Crippen molar-refractivity contribution in [3.63, 3.8) is 0 Å². The normalized spacial score (nSPS) is 17.5. The lowest BCUT2D eigenvalue weighted by molar-refractivity contribution is -0.138. The number of hydrogen-bond donors (Lipinski definition) is 1. The first kappa shape index (κ1) is 19.9. The van der Waals surface area contributed by atoms with Crippen molar-refractivity contribution < 1.29 is 18.7 Å². The molecule has 0 spiro atoms. The summed E-state index contributed by atoms with van der Waals surface area (Å²) in [4.78, 5) is 28.8. The smallest absolute Gasteiger partial charge is 0.272 e. The van der Waals surface area contributed by atoms with E-state index >= 15 is 0 Å². The zero-order valence-electron chi connectivity index (χ0n) is 16.3. The van der Waals surface area contributed by atoms with Crippen LogP contribution in [0, 0.1) is 0 Å². The van der Waals surface area contributed by atoms with Crippen molar-refractivity contribution in [2.75, 3.05) is 26.7 Å². The molecule has 1 atom stereocenters. The Morgan fingerprint density at radius 3 is 2.54 bits per heavy atom. The van der Waals surface area contributed by atoms with Crippen molar-refractivity contribution in [3.05, 3.63) is 47.8 Å². The average Bonchev–Trinajstić information content (AvgIpc) is 3.20. The van der Waals surface area contributed by atoms with Crippen LogP contribution >= 0.6 is 0 Å². The lowest BCUT2D eigenvalue weighted by Crippen LogP contribution is -2.53. The van der Waals surface area contributed by atoms with Crippen LogP contribution in [0.5, 0.6) is 5.75 Å². The molecule has 0 bridgehead atoms. The van der Waals surface area contributed by atoms with Gasteiger partial charge in [0.2, 0.25) is 5.91 Å². The number of aromatic nitrogens is 2. The highest BCUT2D eigenvalue weighted by molar-refractivity contribution is 5.92. The number of amides is 2. The Morgan fingerprint density at radius 2 is 1.96 bits per heavy atom. The largest absolute Gasteiger partial charge is 0.497 e. The monoisotopic (exact) mass is 388 g/mol. The molecule has 1 fully saturated rings. The minimum atomic E-state index is -1.59. The summed E-state index contributed by atoms with van der Waals surface area (Å²) in [7, 11) is 1.58. The molecule has 1 saturated heterocycles. The molecule has 1 N–H and O–H groups in total. The molecule has 1 aromatic carbocycles. The number of nitrogens with one attached hydrogen (secondary N) is 1. The zero-order chi connectivity index (χ0) is 20.3. The van der Waals surface area contributed by atoms with E-state index in [0.717, 1.165) is 5.56 Å². The van der Waals surface area contributed by atoms with Crippen molar-refractivity contribution in [1.82, 2.24) is 20.0 Å². The average molecular weight is 388 g/mol. The lowest BCUT2D eigenvalue weighted by atomic mass is 9.99. The minimum Gasteiger partial charge on any atom is -0.497 e. The first-order chi connectivity index (χ1) is 13.3.